The number of ether oxygens (including phenoxy) is 1. The van der Waals surface area contributed by atoms with E-state index in [-0.39, 0.29) is 31.7 Å². The Morgan fingerprint density at radius 1 is 1.25 bits per heavy atom. The molecular formula is C22H24Cl2N2O5S. The summed E-state index contributed by atoms with van der Waals surface area (Å²) in [6.45, 7) is 2.33. The first kappa shape index (κ1) is 23.5. The van der Waals surface area contributed by atoms with E-state index in [0.717, 1.165) is 11.1 Å². The van der Waals surface area contributed by atoms with Gasteiger partial charge < -0.3 is 9.84 Å². The number of hydrogen-bond acceptors (Lipinski definition) is 4. The van der Waals surface area contributed by atoms with Crippen molar-refractivity contribution in [3.63, 3.8) is 0 Å². The number of hydrogen-bond donors (Lipinski definition) is 2. The maximum absolute atomic E-state index is 13.1. The van der Waals surface area contributed by atoms with Crippen LogP contribution in [-0.4, -0.2) is 48.5 Å². The van der Waals surface area contributed by atoms with Gasteiger partial charge in [-0.05, 0) is 41.7 Å². The molecule has 32 heavy (non-hydrogen) atoms. The van der Waals surface area contributed by atoms with Crippen LogP contribution in [0.15, 0.2) is 48.5 Å². The summed E-state index contributed by atoms with van der Waals surface area (Å²) in [7, 11) is -4.03. The Morgan fingerprint density at radius 2 is 1.97 bits per heavy atom. The molecule has 1 aliphatic heterocycles. The number of halogens is 2. The van der Waals surface area contributed by atoms with Gasteiger partial charge in [0, 0.05) is 29.1 Å². The number of rotatable bonds is 8. The van der Waals surface area contributed by atoms with Crippen LogP contribution in [0.5, 0.6) is 0 Å². The summed E-state index contributed by atoms with van der Waals surface area (Å²) < 4.78 is 35.8. The van der Waals surface area contributed by atoms with Crippen molar-refractivity contribution >= 4 is 39.4 Å². The highest BCUT2D eigenvalue weighted by Gasteiger charge is 2.70. The van der Waals surface area contributed by atoms with Gasteiger partial charge >= 0.3 is 5.97 Å². The minimum absolute atomic E-state index is 0.133. The van der Waals surface area contributed by atoms with Crippen LogP contribution in [0.4, 0.5) is 0 Å². The van der Waals surface area contributed by atoms with E-state index in [1.165, 1.54) is 4.31 Å². The standard InChI is InChI=1S/C22H24Cl2N2O5S/c1-14-20(15-5-3-2-4-6-15)22(14,21(27)28)25-32(29,30)26-10-9-18(12-26)31-13-16-11-17(23)7-8-19(16)24/h2-8,11,14,18,20,25H,9-10,12-13H2,1H3,(H,27,28)/t14?,18?,20-,22-/m0/s1. The smallest absolute Gasteiger partial charge is 0.325 e. The molecule has 4 rings (SSSR count). The maximum Gasteiger partial charge on any atom is 0.325 e. The van der Waals surface area contributed by atoms with Gasteiger partial charge in [0.25, 0.3) is 10.2 Å². The Kier molecular flexibility index (Phi) is 6.55. The lowest BCUT2D eigenvalue weighted by molar-refractivity contribution is -0.140. The number of nitrogens with one attached hydrogen (secondary N) is 1. The summed E-state index contributed by atoms with van der Waals surface area (Å²) in [5.74, 6) is -1.99. The maximum atomic E-state index is 13.1. The van der Waals surface area contributed by atoms with Crippen LogP contribution in [0.1, 0.15) is 30.4 Å². The van der Waals surface area contributed by atoms with E-state index in [4.69, 9.17) is 27.9 Å². The monoisotopic (exact) mass is 498 g/mol. The second-order valence-corrected chi connectivity index (χ2v) is 10.8. The van der Waals surface area contributed by atoms with E-state index >= 15 is 0 Å². The first-order valence-electron chi connectivity index (χ1n) is 10.3. The first-order chi connectivity index (χ1) is 15.1. The van der Waals surface area contributed by atoms with Crippen molar-refractivity contribution in [3.05, 3.63) is 69.7 Å². The molecule has 0 bridgehead atoms. The minimum atomic E-state index is -4.03. The second kappa shape index (κ2) is 8.93. The molecule has 2 unspecified atom stereocenters. The second-order valence-electron chi connectivity index (χ2n) is 8.27. The largest absolute Gasteiger partial charge is 0.480 e. The molecule has 2 N–H and O–H groups in total. The molecule has 1 saturated carbocycles. The summed E-state index contributed by atoms with van der Waals surface area (Å²) in [4.78, 5) is 12.2. The predicted octanol–water partition coefficient (Wildman–Crippen LogP) is 3.68. The van der Waals surface area contributed by atoms with Crippen LogP contribution in [0, 0.1) is 5.92 Å². The zero-order valence-corrected chi connectivity index (χ0v) is 19.7. The number of carboxylic acids is 1. The summed E-state index contributed by atoms with van der Waals surface area (Å²) in [5.41, 5.74) is -0.0416. The minimum Gasteiger partial charge on any atom is -0.480 e. The third kappa shape index (κ3) is 4.40. The molecular weight excluding hydrogens is 475 g/mol. The van der Waals surface area contributed by atoms with Crippen molar-refractivity contribution < 1.29 is 23.1 Å². The lowest BCUT2D eigenvalue weighted by Crippen LogP contribution is -2.51. The topological polar surface area (TPSA) is 95.9 Å². The average Bonchev–Trinajstić information content (AvgIpc) is 3.10. The Balaban J connectivity index is 1.42. The molecule has 1 heterocycles. The quantitative estimate of drug-likeness (QED) is 0.578. The van der Waals surface area contributed by atoms with Crippen LogP contribution in [0.25, 0.3) is 0 Å². The molecule has 1 aliphatic carbocycles. The third-order valence-electron chi connectivity index (χ3n) is 6.34. The van der Waals surface area contributed by atoms with Crippen molar-refractivity contribution in [2.75, 3.05) is 13.1 Å². The van der Waals surface area contributed by atoms with Gasteiger partial charge in [-0.1, -0.05) is 60.5 Å². The van der Waals surface area contributed by atoms with E-state index in [1.54, 1.807) is 25.1 Å². The number of carboxylic acid groups (broad SMARTS) is 1. The van der Waals surface area contributed by atoms with Gasteiger partial charge in [0.2, 0.25) is 0 Å². The molecule has 7 nitrogen and oxygen atoms in total. The number of nitrogens with zero attached hydrogens (tertiary/aromatic N) is 1. The highest BCUT2D eigenvalue weighted by atomic mass is 35.5. The summed E-state index contributed by atoms with van der Waals surface area (Å²) >= 11 is 12.2. The van der Waals surface area contributed by atoms with Gasteiger partial charge in [-0.25, -0.2) is 0 Å². The molecule has 4 atom stereocenters. The van der Waals surface area contributed by atoms with Crippen molar-refractivity contribution in [2.24, 2.45) is 5.92 Å². The molecule has 0 aromatic heterocycles. The lowest BCUT2D eigenvalue weighted by atomic mass is 10.1. The van der Waals surface area contributed by atoms with E-state index in [9.17, 15) is 18.3 Å². The average molecular weight is 499 g/mol. The molecule has 172 valence electrons. The van der Waals surface area contributed by atoms with Gasteiger partial charge in [-0.15, -0.1) is 0 Å². The molecule has 0 amide bonds. The van der Waals surface area contributed by atoms with E-state index in [0.29, 0.717) is 16.5 Å². The lowest BCUT2D eigenvalue weighted by Gasteiger charge is -2.22. The fourth-order valence-electron chi connectivity index (χ4n) is 4.49. The third-order valence-corrected chi connectivity index (χ3v) is 8.55. The molecule has 2 aliphatic rings. The van der Waals surface area contributed by atoms with E-state index < -0.39 is 27.6 Å². The highest BCUT2D eigenvalue weighted by molar-refractivity contribution is 7.87. The number of aliphatic carboxylic acids is 1. The molecule has 2 fully saturated rings. The highest BCUT2D eigenvalue weighted by Crippen LogP contribution is 2.58. The molecule has 0 spiro atoms. The number of carbonyl (C=O) groups is 1. The van der Waals surface area contributed by atoms with Crippen molar-refractivity contribution in [2.45, 2.75) is 37.5 Å². The van der Waals surface area contributed by atoms with Crippen LogP contribution >= 0.6 is 23.2 Å². The summed E-state index contributed by atoms with van der Waals surface area (Å²) in [5, 5.41) is 11.0. The van der Waals surface area contributed by atoms with E-state index in [2.05, 4.69) is 4.72 Å². The van der Waals surface area contributed by atoms with E-state index in [1.807, 2.05) is 30.3 Å². The molecule has 2 aromatic rings. The molecule has 1 saturated heterocycles. The van der Waals surface area contributed by atoms with Crippen molar-refractivity contribution in [1.82, 2.24) is 9.03 Å². The first-order valence-corrected chi connectivity index (χ1v) is 12.5. The summed E-state index contributed by atoms with van der Waals surface area (Å²) in [6, 6.07) is 14.2. The van der Waals surface area contributed by atoms with Crippen LogP contribution < -0.4 is 4.72 Å². The van der Waals surface area contributed by atoms with Crippen molar-refractivity contribution in [3.8, 4) is 0 Å². The van der Waals surface area contributed by atoms with Gasteiger partial charge in [0.05, 0.1) is 12.7 Å². The van der Waals surface area contributed by atoms with Crippen LogP contribution in [-0.2, 0) is 26.3 Å². The fraction of sp³-hybridized carbons (Fsp3) is 0.409. The molecule has 10 heteroatoms. The zero-order chi connectivity index (χ0) is 23.1. The normalized spacial score (nSPS) is 28.0. The van der Waals surface area contributed by atoms with Crippen LogP contribution in [0.3, 0.4) is 0 Å². The summed E-state index contributed by atoms with van der Waals surface area (Å²) in [6.07, 6.45) is 0.167. The Hall–Kier alpha value is -1.68. The Labute approximate surface area is 197 Å². The zero-order valence-electron chi connectivity index (χ0n) is 17.4. The van der Waals surface area contributed by atoms with Gasteiger partial charge in [-0.2, -0.15) is 17.4 Å². The SMILES string of the molecule is CC1[C@@H](c2ccccc2)[C@]1(NS(=O)(=O)N1CCC(OCc2cc(Cl)ccc2Cl)C1)C(=O)O. The van der Waals surface area contributed by atoms with Gasteiger partial charge in [-0.3, -0.25) is 4.79 Å². The van der Waals surface area contributed by atoms with Crippen LogP contribution in [0.2, 0.25) is 10.0 Å². The predicted molar refractivity (Wildman–Crippen MR) is 122 cm³/mol. The molecule has 2 aromatic carbocycles. The Morgan fingerprint density at radius 3 is 2.66 bits per heavy atom. The van der Waals surface area contributed by atoms with Crippen molar-refractivity contribution in [1.29, 1.82) is 0 Å². The molecule has 0 radical (unpaired) electrons. The Bertz CT molecular complexity index is 1110. The fourth-order valence-corrected chi connectivity index (χ4v) is 6.52. The van der Waals surface area contributed by atoms with Gasteiger partial charge in [0.15, 0.2) is 0 Å². The number of benzene rings is 2. The van der Waals surface area contributed by atoms with Gasteiger partial charge in [0.1, 0.15) is 5.54 Å².